The quantitative estimate of drug-likeness (QED) is 0.639. The van der Waals surface area contributed by atoms with E-state index in [4.69, 9.17) is 22.1 Å². The number of ketones is 1. The van der Waals surface area contributed by atoms with E-state index in [0.29, 0.717) is 9.21 Å². The van der Waals surface area contributed by atoms with Crippen molar-refractivity contribution in [3.05, 3.63) is 21.3 Å². The van der Waals surface area contributed by atoms with Gasteiger partial charge in [0.25, 0.3) is 5.91 Å². The van der Waals surface area contributed by atoms with Crippen LogP contribution < -0.4 is 5.73 Å². The van der Waals surface area contributed by atoms with Gasteiger partial charge in [-0.25, -0.2) is 0 Å². The van der Waals surface area contributed by atoms with Crippen LogP contribution in [0.15, 0.2) is 12.1 Å². The highest BCUT2D eigenvalue weighted by atomic mass is 35.5. The number of ether oxygens (including phenoxy) is 1. The highest BCUT2D eigenvalue weighted by molar-refractivity contribution is 7.18. The summed E-state index contributed by atoms with van der Waals surface area (Å²) in [5.74, 6) is -1.53. The number of carbonyl (C=O) groups is 3. The van der Waals surface area contributed by atoms with E-state index in [2.05, 4.69) is 0 Å². The Morgan fingerprint density at radius 1 is 1.39 bits per heavy atom. The molecule has 1 heterocycles. The fraction of sp³-hybridized carbons (Fsp3) is 0.364. The number of hydrogen-bond donors (Lipinski definition) is 1. The predicted molar refractivity (Wildman–Crippen MR) is 67.6 cm³/mol. The number of primary amides is 1. The van der Waals surface area contributed by atoms with E-state index in [1.165, 1.54) is 6.92 Å². The monoisotopic (exact) mass is 289 g/mol. The second-order valence-corrected chi connectivity index (χ2v) is 5.28. The van der Waals surface area contributed by atoms with E-state index >= 15 is 0 Å². The maximum atomic E-state index is 11.6. The van der Waals surface area contributed by atoms with E-state index in [1.807, 2.05) is 0 Å². The summed E-state index contributed by atoms with van der Waals surface area (Å²) < 4.78 is 5.23. The van der Waals surface area contributed by atoms with Crippen molar-refractivity contribution in [1.29, 1.82) is 0 Å². The number of thiophene rings is 1. The third-order valence-electron chi connectivity index (χ3n) is 2.11. The normalized spacial score (nSPS) is 11.9. The Balaban J connectivity index is 2.39. The molecular formula is C11H12ClNO4S. The lowest BCUT2D eigenvalue weighted by molar-refractivity contribution is -0.153. The molecule has 0 aromatic carbocycles. The number of carbonyl (C=O) groups excluding carboxylic acids is 3. The van der Waals surface area contributed by atoms with Crippen molar-refractivity contribution in [1.82, 2.24) is 0 Å². The van der Waals surface area contributed by atoms with Crippen LogP contribution in [0.5, 0.6) is 0 Å². The van der Waals surface area contributed by atoms with Gasteiger partial charge in [-0.05, 0) is 19.1 Å². The number of hydrogen-bond acceptors (Lipinski definition) is 5. The Kier molecular flexibility index (Phi) is 5.30. The lowest BCUT2D eigenvalue weighted by Gasteiger charge is -2.08. The topological polar surface area (TPSA) is 86.5 Å². The SMILES string of the molecule is C[C@H](OC(=O)CCC(=O)c1ccc(Cl)s1)C(N)=O. The van der Waals surface area contributed by atoms with Gasteiger partial charge in [0.2, 0.25) is 0 Å². The molecule has 0 radical (unpaired) electrons. The number of Topliss-reactive ketones (excluding diaryl/α,β-unsaturated/α-hetero) is 1. The summed E-state index contributed by atoms with van der Waals surface area (Å²) in [6, 6.07) is 3.22. The van der Waals surface area contributed by atoms with Gasteiger partial charge in [-0.3, -0.25) is 14.4 Å². The third-order valence-corrected chi connectivity index (χ3v) is 3.39. The third kappa shape index (κ3) is 4.46. The van der Waals surface area contributed by atoms with Crippen LogP contribution in [-0.4, -0.2) is 23.8 Å². The van der Waals surface area contributed by atoms with Crippen LogP contribution in [0.4, 0.5) is 0 Å². The lowest BCUT2D eigenvalue weighted by atomic mass is 10.2. The fourth-order valence-corrected chi connectivity index (χ4v) is 2.13. The molecule has 0 aliphatic carbocycles. The van der Waals surface area contributed by atoms with Crippen LogP contribution in [0.25, 0.3) is 0 Å². The number of halogens is 1. The molecule has 0 fully saturated rings. The van der Waals surface area contributed by atoms with Gasteiger partial charge in [0, 0.05) is 6.42 Å². The molecule has 1 atom stereocenters. The van der Waals surface area contributed by atoms with Crippen molar-refractivity contribution in [2.45, 2.75) is 25.9 Å². The van der Waals surface area contributed by atoms with Crippen molar-refractivity contribution in [2.24, 2.45) is 5.73 Å². The first-order chi connectivity index (χ1) is 8.40. The van der Waals surface area contributed by atoms with Crippen molar-refractivity contribution >= 4 is 40.6 Å². The zero-order chi connectivity index (χ0) is 13.7. The van der Waals surface area contributed by atoms with Crippen molar-refractivity contribution in [2.75, 3.05) is 0 Å². The van der Waals surface area contributed by atoms with E-state index in [-0.39, 0.29) is 18.6 Å². The van der Waals surface area contributed by atoms with Gasteiger partial charge in [0.05, 0.1) is 15.6 Å². The zero-order valence-corrected chi connectivity index (χ0v) is 11.2. The molecule has 0 saturated heterocycles. The van der Waals surface area contributed by atoms with Gasteiger partial charge in [0.1, 0.15) is 0 Å². The number of rotatable bonds is 6. The molecule has 1 amide bonds. The molecule has 0 aliphatic rings. The first-order valence-corrected chi connectivity index (χ1v) is 6.37. The van der Waals surface area contributed by atoms with Crippen molar-refractivity contribution in [3.8, 4) is 0 Å². The van der Waals surface area contributed by atoms with Gasteiger partial charge in [0.15, 0.2) is 11.9 Å². The molecule has 0 spiro atoms. The average molecular weight is 290 g/mol. The Hall–Kier alpha value is -1.40. The minimum Gasteiger partial charge on any atom is -0.453 e. The molecule has 1 aromatic rings. The largest absolute Gasteiger partial charge is 0.453 e. The molecule has 0 aliphatic heterocycles. The lowest BCUT2D eigenvalue weighted by Crippen LogP contribution is -2.30. The van der Waals surface area contributed by atoms with Gasteiger partial charge in [-0.2, -0.15) is 0 Å². The summed E-state index contributed by atoms with van der Waals surface area (Å²) in [7, 11) is 0. The Bertz CT molecular complexity index is 471. The van der Waals surface area contributed by atoms with Crippen LogP contribution in [0.3, 0.4) is 0 Å². The second kappa shape index (κ2) is 6.51. The fourth-order valence-electron chi connectivity index (χ4n) is 1.12. The highest BCUT2D eigenvalue weighted by Crippen LogP contribution is 2.22. The minimum atomic E-state index is -0.983. The van der Waals surface area contributed by atoms with Crippen LogP contribution in [0.1, 0.15) is 29.4 Å². The number of nitrogens with two attached hydrogens (primary N) is 1. The molecule has 0 bridgehead atoms. The van der Waals surface area contributed by atoms with E-state index in [0.717, 1.165) is 11.3 Å². The van der Waals surface area contributed by atoms with Crippen molar-refractivity contribution in [3.63, 3.8) is 0 Å². The first kappa shape index (κ1) is 14.7. The highest BCUT2D eigenvalue weighted by Gasteiger charge is 2.16. The molecule has 98 valence electrons. The second-order valence-electron chi connectivity index (χ2n) is 3.56. The van der Waals surface area contributed by atoms with Crippen molar-refractivity contribution < 1.29 is 19.1 Å². The van der Waals surface area contributed by atoms with Crippen LogP contribution in [-0.2, 0) is 14.3 Å². The zero-order valence-electron chi connectivity index (χ0n) is 9.64. The van der Waals surface area contributed by atoms with E-state index < -0.39 is 18.0 Å². The Labute approximate surface area is 113 Å². The standard InChI is InChI=1S/C11H12ClNO4S/c1-6(11(13)16)17-10(15)5-2-7(14)8-3-4-9(12)18-8/h3-4,6H,2,5H2,1H3,(H2,13,16)/t6-/m0/s1. The number of esters is 1. The molecule has 1 rings (SSSR count). The summed E-state index contributed by atoms with van der Waals surface area (Å²) >= 11 is 6.85. The summed E-state index contributed by atoms with van der Waals surface area (Å²) in [6.45, 7) is 1.38. The van der Waals surface area contributed by atoms with Crippen LogP contribution in [0, 0.1) is 0 Å². The minimum absolute atomic E-state index is 0.0150. The van der Waals surface area contributed by atoms with Gasteiger partial charge in [-0.1, -0.05) is 11.6 Å². The molecule has 0 unspecified atom stereocenters. The van der Waals surface area contributed by atoms with Crippen LogP contribution >= 0.6 is 22.9 Å². The van der Waals surface area contributed by atoms with E-state index in [9.17, 15) is 14.4 Å². The molecule has 18 heavy (non-hydrogen) atoms. The molecular weight excluding hydrogens is 278 g/mol. The predicted octanol–water partition coefficient (Wildman–Crippen LogP) is 1.78. The van der Waals surface area contributed by atoms with Crippen LogP contribution in [0.2, 0.25) is 4.34 Å². The summed E-state index contributed by atoms with van der Waals surface area (Å²) in [6.07, 6.45) is -1.06. The maximum Gasteiger partial charge on any atom is 0.307 e. The van der Waals surface area contributed by atoms with E-state index in [1.54, 1.807) is 12.1 Å². The van der Waals surface area contributed by atoms with Gasteiger partial charge in [-0.15, -0.1) is 11.3 Å². The molecule has 0 saturated carbocycles. The average Bonchev–Trinajstić information content (AvgIpc) is 2.72. The molecule has 2 N–H and O–H groups in total. The smallest absolute Gasteiger partial charge is 0.307 e. The first-order valence-electron chi connectivity index (χ1n) is 5.17. The molecule has 5 nitrogen and oxygen atoms in total. The number of amides is 1. The molecule has 7 heteroatoms. The summed E-state index contributed by atoms with van der Waals surface area (Å²) in [5.41, 5.74) is 4.94. The van der Waals surface area contributed by atoms with Gasteiger partial charge >= 0.3 is 5.97 Å². The maximum absolute atomic E-state index is 11.6. The Morgan fingerprint density at radius 2 is 2.06 bits per heavy atom. The summed E-state index contributed by atoms with van der Waals surface area (Å²) in [5, 5.41) is 0. The summed E-state index contributed by atoms with van der Waals surface area (Å²) in [4.78, 5) is 34.1. The van der Waals surface area contributed by atoms with Gasteiger partial charge < -0.3 is 10.5 Å². The molecule has 1 aromatic heterocycles. The Morgan fingerprint density at radius 3 is 2.56 bits per heavy atom.